The van der Waals surface area contributed by atoms with Gasteiger partial charge in [-0.3, -0.25) is 4.79 Å². The van der Waals surface area contributed by atoms with Crippen LogP contribution >= 0.6 is 0 Å². The fourth-order valence-electron chi connectivity index (χ4n) is 2.83. The number of ether oxygens (including phenoxy) is 1. The van der Waals surface area contributed by atoms with Crippen molar-refractivity contribution in [2.75, 3.05) is 53.0 Å². The Morgan fingerprint density at radius 3 is 2.57 bits per heavy atom. The minimum atomic E-state index is -0.878. The van der Waals surface area contributed by atoms with Crippen LogP contribution in [0.15, 0.2) is 0 Å². The minimum absolute atomic E-state index is 0.155. The second-order valence-corrected chi connectivity index (χ2v) is 6.00. The van der Waals surface area contributed by atoms with E-state index in [1.165, 1.54) is 0 Å². The Bertz CT molecular complexity index is 382. The first-order chi connectivity index (χ1) is 10.0. The van der Waals surface area contributed by atoms with Crippen LogP contribution in [0.25, 0.3) is 0 Å². The van der Waals surface area contributed by atoms with Gasteiger partial charge in [-0.05, 0) is 32.9 Å². The predicted molar refractivity (Wildman–Crippen MR) is 77.2 cm³/mol. The molecule has 2 aliphatic heterocycles. The summed E-state index contributed by atoms with van der Waals surface area (Å²) < 4.78 is 5.23. The summed E-state index contributed by atoms with van der Waals surface area (Å²) in [5, 5.41) is 12.3. The fraction of sp³-hybridized carbons (Fsp3) is 0.857. The number of aliphatic carboxylic acids is 1. The number of carbonyl (C=O) groups is 2. The molecule has 0 atom stereocenters. The van der Waals surface area contributed by atoms with E-state index in [-0.39, 0.29) is 12.6 Å². The topological polar surface area (TPSA) is 82.1 Å². The van der Waals surface area contributed by atoms with Crippen LogP contribution in [-0.2, 0) is 9.53 Å². The SMILES string of the molecule is CN1CCCN(C(=O)NCC2(C(=O)O)CCOCC2)CC1. The van der Waals surface area contributed by atoms with Crippen molar-refractivity contribution in [1.82, 2.24) is 15.1 Å². The van der Waals surface area contributed by atoms with E-state index in [1.807, 2.05) is 7.05 Å². The molecule has 2 rings (SSSR count). The van der Waals surface area contributed by atoms with Crippen LogP contribution in [0.5, 0.6) is 0 Å². The van der Waals surface area contributed by atoms with E-state index in [0.717, 1.165) is 26.1 Å². The Balaban J connectivity index is 1.88. The molecular formula is C14H25N3O4. The molecule has 7 nitrogen and oxygen atoms in total. The monoisotopic (exact) mass is 299 g/mol. The summed E-state index contributed by atoms with van der Waals surface area (Å²) in [5.74, 6) is -0.846. The number of nitrogens with one attached hydrogen (secondary N) is 1. The van der Waals surface area contributed by atoms with Crippen LogP contribution in [0.3, 0.4) is 0 Å². The summed E-state index contributed by atoms with van der Waals surface area (Å²) >= 11 is 0. The zero-order chi connectivity index (χ0) is 15.3. The molecule has 0 bridgehead atoms. The van der Waals surface area contributed by atoms with Crippen LogP contribution in [0, 0.1) is 5.41 Å². The van der Waals surface area contributed by atoms with Crippen LogP contribution in [0.1, 0.15) is 19.3 Å². The predicted octanol–water partition coefficient (Wildman–Crippen LogP) is 0.215. The van der Waals surface area contributed by atoms with E-state index in [9.17, 15) is 14.7 Å². The maximum atomic E-state index is 12.2. The first-order valence-electron chi connectivity index (χ1n) is 7.56. The lowest BCUT2D eigenvalue weighted by molar-refractivity contribution is -0.154. The summed E-state index contributed by atoms with van der Waals surface area (Å²) in [5.41, 5.74) is -0.878. The van der Waals surface area contributed by atoms with E-state index >= 15 is 0 Å². The van der Waals surface area contributed by atoms with Gasteiger partial charge in [0, 0.05) is 39.4 Å². The van der Waals surface area contributed by atoms with Crippen LogP contribution in [0.2, 0.25) is 0 Å². The first kappa shape index (κ1) is 16.0. The molecule has 2 amide bonds. The molecule has 2 saturated heterocycles. The molecule has 2 N–H and O–H groups in total. The van der Waals surface area contributed by atoms with Gasteiger partial charge in [0.15, 0.2) is 0 Å². The van der Waals surface area contributed by atoms with E-state index in [0.29, 0.717) is 32.6 Å². The van der Waals surface area contributed by atoms with Crippen molar-refractivity contribution in [1.29, 1.82) is 0 Å². The Morgan fingerprint density at radius 1 is 1.19 bits per heavy atom. The summed E-state index contributed by atoms with van der Waals surface area (Å²) in [6.07, 6.45) is 1.85. The Labute approximate surface area is 125 Å². The van der Waals surface area contributed by atoms with Crippen molar-refractivity contribution in [2.24, 2.45) is 5.41 Å². The number of carboxylic acids is 1. The van der Waals surface area contributed by atoms with E-state index in [2.05, 4.69) is 10.2 Å². The van der Waals surface area contributed by atoms with Gasteiger partial charge in [0.25, 0.3) is 0 Å². The van der Waals surface area contributed by atoms with Gasteiger partial charge < -0.3 is 25.0 Å². The van der Waals surface area contributed by atoms with Gasteiger partial charge >= 0.3 is 12.0 Å². The molecule has 0 aromatic carbocycles. The highest BCUT2D eigenvalue weighted by Gasteiger charge is 2.40. The highest BCUT2D eigenvalue weighted by Crippen LogP contribution is 2.30. The average molecular weight is 299 g/mol. The number of amides is 2. The lowest BCUT2D eigenvalue weighted by Gasteiger charge is -2.34. The second kappa shape index (κ2) is 7.09. The van der Waals surface area contributed by atoms with Gasteiger partial charge in [0.05, 0.1) is 5.41 Å². The van der Waals surface area contributed by atoms with Crippen LogP contribution < -0.4 is 5.32 Å². The van der Waals surface area contributed by atoms with Gasteiger partial charge in [-0.15, -0.1) is 0 Å². The minimum Gasteiger partial charge on any atom is -0.481 e. The smallest absolute Gasteiger partial charge is 0.317 e. The van der Waals surface area contributed by atoms with E-state index in [4.69, 9.17) is 4.74 Å². The number of hydrogen-bond donors (Lipinski definition) is 2. The Hall–Kier alpha value is -1.34. The summed E-state index contributed by atoms with van der Waals surface area (Å²) in [6, 6.07) is -0.155. The Kier molecular flexibility index (Phi) is 5.41. The quantitative estimate of drug-likeness (QED) is 0.779. The molecule has 2 heterocycles. The number of likely N-dealkylation sites (N-methyl/N-ethyl adjacent to an activating group) is 1. The molecule has 0 aromatic heterocycles. The highest BCUT2D eigenvalue weighted by molar-refractivity contribution is 5.78. The lowest BCUT2D eigenvalue weighted by Crippen LogP contribution is -2.50. The summed E-state index contributed by atoms with van der Waals surface area (Å²) in [7, 11) is 2.04. The van der Waals surface area contributed by atoms with E-state index < -0.39 is 11.4 Å². The normalized spacial score (nSPS) is 23.4. The molecule has 0 aromatic rings. The van der Waals surface area contributed by atoms with Crippen molar-refractivity contribution in [2.45, 2.75) is 19.3 Å². The van der Waals surface area contributed by atoms with Gasteiger partial charge in [-0.2, -0.15) is 0 Å². The number of hydrogen-bond acceptors (Lipinski definition) is 4. The maximum Gasteiger partial charge on any atom is 0.317 e. The molecule has 21 heavy (non-hydrogen) atoms. The molecule has 0 radical (unpaired) electrons. The molecule has 2 aliphatic rings. The molecule has 2 fully saturated rings. The molecule has 0 unspecified atom stereocenters. The summed E-state index contributed by atoms with van der Waals surface area (Å²) in [4.78, 5) is 27.7. The second-order valence-electron chi connectivity index (χ2n) is 6.00. The number of nitrogens with zero attached hydrogens (tertiary/aromatic N) is 2. The van der Waals surface area contributed by atoms with Crippen molar-refractivity contribution >= 4 is 12.0 Å². The van der Waals surface area contributed by atoms with Gasteiger partial charge in [-0.25, -0.2) is 4.79 Å². The number of rotatable bonds is 3. The van der Waals surface area contributed by atoms with Crippen LogP contribution in [-0.4, -0.2) is 79.9 Å². The molecule has 0 spiro atoms. The highest BCUT2D eigenvalue weighted by atomic mass is 16.5. The number of carbonyl (C=O) groups excluding carboxylic acids is 1. The first-order valence-corrected chi connectivity index (χ1v) is 7.56. The van der Waals surface area contributed by atoms with E-state index in [1.54, 1.807) is 4.90 Å². The standard InChI is InChI=1S/C14H25N3O4/c1-16-5-2-6-17(8-7-16)13(20)15-11-14(12(18)19)3-9-21-10-4-14/h2-11H2,1H3,(H,15,20)(H,18,19). The Morgan fingerprint density at radius 2 is 1.90 bits per heavy atom. The molecule has 0 aliphatic carbocycles. The van der Waals surface area contributed by atoms with Crippen molar-refractivity contribution < 1.29 is 19.4 Å². The van der Waals surface area contributed by atoms with Gasteiger partial charge in [-0.1, -0.05) is 0 Å². The zero-order valence-electron chi connectivity index (χ0n) is 12.6. The third-order valence-electron chi connectivity index (χ3n) is 4.49. The summed E-state index contributed by atoms with van der Waals surface area (Å²) in [6.45, 7) is 4.31. The van der Waals surface area contributed by atoms with Crippen molar-refractivity contribution in [3.8, 4) is 0 Å². The number of urea groups is 1. The van der Waals surface area contributed by atoms with Crippen LogP contribution in [0.4, 0.5) is 4.79 Å². The molecule has 120 valence electrons. The third kappa shape index (κ3) is 4.07. The van der Waals surface area contributed by atoms with Crippen molar-refractivity contribution in [3.63, 3.8) is 0 Å². The molecule has 7 heteroatoms. The van der Waals surface area contributed by atoms with Gasteiger partial charge in [0.2, 0.25) is 0 Å². The van der Waals surface area contributed by atoms with Gasteiger partial charge in [0.1, 0.15) is 0 Å². The average Bonchev–Trinajstić information content (AvgIpc) is 2.70. The molecule has 0 saturated carbocycles. The zero-order valence-corrected chi connectivity index (χ0v) is 12.6. The third-order valence-corrected chi connectivity index (χ3v) is 4.49. The van der Waals surface area contributed by atoms with Crippen molar-refractivity contribution in [3.05, 3.63) is 0 Å². The number of carboxylic acid groups (broad SMARTS) is 1. The maximum absolute atomic E-state index is 12.2. The lowest BCUT2D eigenvalue weighted by atomic mass is 9.80. The fourth-order valence-corrected chi connectivity index (χ4v) is 2.83. The largest absolute Gasteiger partial charge is 0.481 e. The molecular weight excluding hydrogens is 274 g/mol.